The Bertz CT molecular complexity index is 2880. The van der Waals surface area contributed by atoms with E-state index in [1.165, 1.54) is 69.4 Å². The Labute approximate surface area is 286 Å². The predicted molar refractivity (Wildman–Crippen MR) is 205 cm³/mol. The summed E-state index contributed by atoms with van der Waals surface area (Å²) in [5, 5.41) is 19.3. The SMILES string of the molecule is N#Cc1ccc2sc3ccc(-c4cccc(-c5cc6ccc7cc(-c8cccc(-c9ccncc9)n8)cc8ccc(c5)c6c78)c4)cc3c2c1. The Morgan fingerprint density at radius 2 is 1.00 bits per heavy atom. The third kappa shape index (κ3) is 4.56. The zero-order valence-electron chi connectivity index (χ0n) is 26.2. The predicted octanol–water partition coefficient (Wildman–Crippen LogP) is 12.3. The second kappa shape index (κ2) is 10.8. The van der Waals surface area contributed by atoms with Crippen molar-refractivity contribution in [3.8, 4) is 50.8 Å². The Hall–Kier alpha value is -6.41. The van der Waals surface area contributed by atoms with Gasteiger partial charge in [0.2, 0.25) is 0 Å². The van der Waals surface area contributed by atoms with E-state index in [-0.39, 0.29) is 0 Å². The molecule has 3 aromatic heterocycles. The number of thiophene rings is 1. The van der Waals surface area contributed by atoms with E-state index < -0.39 is 0 Å². The molecule has 0 fully saturated rings. The highest BCUT2D eigenvalue weighted by Gasteiger charge is 2.14. The molecule has 7 aromatic carbocycles. The minimum absolute atomic E-state index is 0.693. The lowest BCUT2D eigenvalue weighted by molar-refractivity contribution is 1.29. The van der Waals surface area contributed by atoms with Crippen LogP contribution < -0.4 is 0 Å². The Balaban J connectivity index is 1.05. The van der Waals surface area contributed by atoms with E-state index in [2.05, 4.69) is 120 Å². The van der Waals surface area contributed by atoms with Crippen LogP contribution in [-0.4, -0.2) is 9.97 Å². The van der Waals surface area contributed by atoms with Gasteiger partial charge in [-0.2, -0.15) is 5.26 Å². The fraction of sp³-hybridized carbons (Fsp3) is 0. The first-order chi connectivity index (χ1) is 24.2. The maximum atomic E-state index is 9.48. The number of hydrogen-bond donors (Lipinski definition) is 0. The average Bonchev–Trinajstić information content (AvgIpc) is 3.54. The van der Waals surface area contributed by atoms with Gasteiger partial charge in [0, 0.05) is 43.7 Å². The summed E-state index contributed by atoms with van der Waals surface area (Å²) in [6.07, 6.45) is 3.61. The third-order valence-electron chi connectivity index (χ3n) is 9.68. The molecule has 0 spiro atoms. The van der Waals surface area contributed by atoms with Gasteiger partial charge in [-0.15, -0.1) is 11.3 Å². The molecule has 3 nitrogen and oxygen atoms in total. The number of nitrogens with zero attached hydrogens (tertiary/aromatic N) is 3. The summed E-state index contributed by atoms with van der Waals surface area (Å²) in [5.74, 6) is 0. The minimum atomic E-state index is 0.693. The van der Waals surface area contributed by atoms with Crippen molar-refractivity contribution in [3.63, 3.8) is 0 Å². The van der Waals surface area contributed by atoms with Crippen molar-refractivity contribution in [2.24, 2.45) is 0 Å². The quantitative estimate of drug-likeness (QED) is 0.180. The average molecular weight is 640 g/mol. The molecule has 0 saturated carbocycles. The van der Waals surface area contributed by atoms with Gasteiger partial charge in [0.25, 0.3) is 0 Å². The van der Waals surface area contributed by atoms with E-state index >= 15 is 0 Å². The lowest BCUT2D eigenvalue weighted by Gasteiger charge is -2.15. The molecule has 10 rings (SSSR count). The molecule has 0 radical (unpaired) electrons. The van der Waals surface area contributed by atoms with E-state index in [0.717, 1.165) is 27.9 Å². The van der Waals surface area contributed by atoms with Crippen molar-refractivity contribution in [3.05, 3.63) is 157 Å². The molecule has 0 saturated heterocycles. The molecule has 0 aliphatic heterocycles. The molecule has 0 bridgehead atoms. The van der Waals surface area contributed by atoms with Crippen LogP contribution in [-0.2, 0) is 0 Å². The van der Waals surface area contributed by atoms with Crippen LogP contribution in [0.5, 0.6) is 0 Å². The third-order valence-corrected chi connectivity index (χ3v) is 10.8. The second-order valence-electron chi connectivity index (χ2n) is 12.6. The molecule has 0 N–H and O–H groups in total. The highest BCUT2D eigenvalue weighted by Crippen LogP contribution is 2.41. The van der Waals surface area contributed by atoms with Crippen LogP contribution in [0.2, 0.25) is 0 Å². The van der Waals surface area contributed by atoms with Crippen LogP contribution in [0.4, 0.5) is 0 Å². The summed E-state index contributed by atoms with van der Waals surface area (Å²) in [5.41, 5.74) is 9.50. The summed E-state index contributed by atoms with van der Waals surface area (Å²) in [6.45, 7) is 0. The molecule has 10 aromatic rings. The lowest BCUT2D eigenvalue weighted by Crippen LogP contribution is -1.90. The van der Waals surface area contributed by atoms with Crippen LogP contribution in [0, 0.1) is 11.3 Å². The zero-order valence-corrected chi connectivity index (χ0v) is 27.0. The number of hydrogen-bond acceptors (Lipinski definition) is 4. The van der Waals surface area contributed by atoms with E-state index in [0.29, 0.717) is 5.56 Å². The number of pyridine rings is 2. The summed E-state index contributed by atoms with van der Waals surface area (Å²) >= 11 is 1.77. The smallest absolute Gasteiger partial charge is 0.0991 e. The maximum absolute atomic E-state index is 9.48. The number of aromatic nitrogens is 2. The van der Waals surface area contributed by atoms with E-state index in [1.807, 2.05) is 30.3 Å². The standard InChI is InChI=1S/C45H25N3S/c46-26-27-7-13-42-38(19-27)39-25-31(12-14-43(39)49-42)29-3-1-4-30(20-29)36-21-32-8-10-34-23-37(24-35-11-9-33(22-36)44(32)45(34)35)41-6-2-5-40(48-41)28-15-17-47-18-16-28/h1-25H. The first-order valence-corrected chi connectivity index (χ1v) is 17.1. The van der Waals surface area contributed by atoms with Gasteiger partial charge in [0.15, 0.2) is 0 Å². The van der Waals surface area contributed by atoms with Crippen molar-refractivity contribution < 1.29 is 0 Å². The molecule has 226 valence electrons. The Morgan fingerprint density at radius 1 is 0.449 bits per heavy atom. The number of fused-ring (bicyclic) bond motifs is 3. The molecule has 0 aliphatic carbocycles. The van der Waals surface area contributed by atoms with E-state index in [1.54, 1.807) is 23.7 Å². The lowest BCUT2D eigenvalue weighted by atomic mass is 9.89. The first kappa shape index (κ1) is 27.7. The largest absolute Gasteiger partial charge is 0.265 e. The normalized spacial score (nSPS) is 11.7. The fourth-order valence-electron chi connectivity index (χ4n) is 7.34. The molecule has 0 aliphatic rings. The summed E-state index contributed by atoms with van der Waals surface area (Å²) in [6, 6.07) is 52.2. The summed E-state index contributed by atoms with van der Waals surface area (Å²) < 4.78 is 2.44. The maximum Gasteiger partial charge on any atom is 0.0991 e. The minimum Gasteiger partial charge on any atom is -0.265 e. The monoisotopic (exact) mass is 639 g/mol. The van der Waals surface area contributed by atoms with Crippen LogP contribution >= 0.6 is 11.3 Å². The number of nitriles is 1. The van der Waals surface area contributed by atoms with E-state index in [9.17, 15) is 5.26 Å². The van der Waals surface area contributed by atoms with Crippen LogP contribution in [0.25, 0.3) is 97.3 Å². The molecule has 0 atom stereocenters. The Kier molecular flexibility index (Phi) is 6.11. The molecular weight excluding hydrogens is 615 g/mol. The fourth-order valence-corrected chi connectivity index (χ4v) is 8.40. The molecule has 4 heteroatoms. The van der Waals surface area contributed by atoms with E-state index in [4.69, 9.17) is 4.98 Å². The van der Waals surface area contributed by atoms with Gasteiger partial charge < -0.3 is 0 Å². The highest BCUT2D eigenvalue weighted by molar-refractivity contribution is 7.25. The molecule has 0 amide bonds. The van der Waals surface area contributed by atoms with Crippen molar-refractivity contribution in [2.75, 3.05) is 0 Å². The van der Waals surface area contributed by atoms with Gasteiger partial charge in [-0.1, -0.05) is 54.6 Å². The Morgan fingerprint density at radius 3 is 1.67 bits per heavy atom. The molecule has 0 unspecified atom stereocenters. The van der Waals surface area contributed by atoms with Gasteiger partial charge in [0.05, 0.1) is 23.0 Å². The van der Waals surface area contributed by atoms with Crippen LogP contribution in [0.15, 0.2) is 152 Å². The summed E-state index contributed by atoms with van der Waals surface area (Å²) in [4.78, 5) is 9.17. The van der Waals surface area contributed by atoms with Crippen molar-refractivity contribution in [1.29, 1.82) is 5.26 Å². The zero-order chi connectivity index (χ0) is 32.5. The molecule has 3 heterocycles. The molecular formula is C45H25N3S. The number of benzene rings is 7. The molecule has 49 heavy (non-hydrogen) atoms. The second-order valence-corrected chi connectivity index (χ2v) is 13.7. The number of rotatable bonds is 4. The van der Waals surface area contributed by atoms with Crippen LogP contribution in [0.1, 0.15) is 5.56 Å². The topological polar surface area (TPSA) is 49.6 Å². The van der Waals surface area contributed by atoms with Gasteiger partial charge in [-0.3, -0.25) is 4.98 Å². The first-order valence-electron chi connectivity index (χ1n) is 16.3. The summed E-state index contributed by atoms with van der Waals surface area (Å²) in [7, 11) is 0. The van der Waals surface area contributed by atoms with Gasteiger partial charge in [0.1, 0.15) is 0 Å². The van der Waals surface area contributed by atoms with Crippen molar-refractivity contribution in [1.82, 2.24) is 9.97 Å². The van der Waals surface area contributed by atoms with Gasteiger partial charge in [-0.05, 0) is 140 Å². The van der Waals surface area contributed by atoms with Crippen molar-refractivity contribution in [2.45, 2.75) is 0 Å². The van der Waals surface area contributed by atoms with Crippen LogP contribution in [0.3, 0.4) is 0 Å². The van der Waals surface area contributed by atoms with Gasteiger partial charge in [-0.25, -0.2) is 4.98 Å². The van der Waals surface area contributed by atoms with Gasteiger partial charge >= 0.3 is 0 Å². The van der Waals surface area contributed by atoms with Crippen molar-refractivity contribution >= 4 is 63.8 Å². The highest BCUT2D eigenvalue weighted by atomic mass is 32.1.